The number of hydrogen-bond donors (Lipinski definition) is 1. The summed E-state index contributed by atoms with van der Waals surface area (Å²) in [6.45, 7) is 0. The van der Waals surface area contributed by atoms with Crippen LogP contribution in [0.25, 0.3) is 0 Å². The van der Waals surface area contributed by atoms with Gasteiger partial charge in [-0.3, -0.25) is 0 Å². The Bertz CT molecular complexity index is 234. The molecule has 2 N–H and O–H groups in total. The molecule has 0 unspecified atom stereocenters. The van der Waals surface area contributed by atoms with Gasteiger partial charge in [0.25, 0.3) is 0 Å². The van der Waals surface area contributed by atoms with Crippen LogP contribution < -0.4 is 10.1 Å². The standard InChI is InChI=1S/C6H6FNO2S/c7-5-2-1-3-6(4-5)9-11-10-8/h1-4H,8H2. The zero-order chi connectivity index (χ0) is 8.10. The van der Waals surface area contributed by atoms with E-state index < -0.39 is 0 Å². The van der Waals surface area contributed by atoms with Crippen LogP contribution in [0.3, 0.4) is 0 Å². The van der Waals surface area contributed by atoms with E-state index >= 15 is 0 Å². The van der Waals surface area contributed by atoms with Crippen LogP contribution in [-0.2, 0) is 4.28 Å². The van der Waals surface area contributed by atoms with E-state index in [1.807, 2.05) is 0 Å². The van der Waals surface area contributed by atoms with E-state index in [0.717, 1.165) is 0 Å². The topological polar surface area (TPSA) is 44.5 Å². The van der Waals surface area contributed by atoms with Crippen LogP contribution in [0.5, 0.6) is 5.75 Å². The SMILES string of the molecule is NOSOc1cccc(F)c1. The van der Waals surface area contributed by atoms with Gasteiger partial charge in [0.2, 0.25) is 12.3 Å². The van der Waals surface area contributed by atoms with Crippen LogP contribution in [0.4, 0.5) is 4.39 Å². The second-order valence-electron chi connectivity index (χ2n) is 1.70. The van der Waals surface area contributed by atoms with E-state index in [9.17, 15) is 4.39 Å². The maximum Gasteiger partial charge on any atom is 0.244 e. The molecular weight excluding hydrogens is 169 g/mol. The summed E-state index contributed by atoms with van der Waals surface area (Å²) in [5, 5.41) is 0. The molecule has 0 saturated carbocycles. The van der Waals surface area contributed by atoms with E-state index in [2.05, 4.69) is 10.2 Å². The van der Waals surface area contributed by atoms with Crippen molar-refractivity contribution in [3.8, 4) is 5.75 Å². The number of halogens is 1. The van der Waals surface area contributed by atoms with Crippen molar-refractivity contribution in [1.82, 2.24) is 0 Å². The molecule has 1 aromatic carbocycles. The highest BCUT2D eigenvalue weighted by Gasteiger charge is 1.95. The molecule has 60 valence electrons. The Morgan fingerprint density at radius 2 is 2.27 bits per heavy atom. The Balaban J connectivity index is 2.56. The molecule has 3 nitrogen and oxygen atoms in total. The molecule has 0 aliphatic carbocycles. The van der Waals surface area contributed by atoms with Crippen LogP contribution in [0.2, 0.25) is 0 Å². The monoisotopic (exact) mass is 175 g/mol. The molecule has 0 bridgehead atoms. The largest absolute Gasteiger partial charge is 0.399 e. The van der Waals surface area contributed by atoms with Crippen molar-refractivity contribution >= 4 is 12.3 Å². The van der Waals surface area contributed by atoms with Crippen molar-refractivity contribution in [3.05, 3.63) is 30.1 Å². The van der Waals surface area contributed by atoms with Crippen molar-refractivity contribution in [2.75, 3.05) is 0 Å². The smallest absolute Gasteiger partial charge is 0.244 e. The first-order chi connectivity index (χ1) is 5.33. The third kappa shape index (κ3) is 2.75. The lowest BCUT2D eigenvalue weighted by Gasteiger charge is -1.98. The minimum Gasteiger partial charge on any atom is -0.399 e. The van der Waals surface area contributed by atoms with Gasteiger partial charge in [-0.05, 0) is 12.1 Å². The molecule has 11 heavy (non-hydrogen) atoms. The number of benzene rings is 1. The summed E-state index contributed by atoms with van der Waals surface area (Å²) in [7, 11) is 0. The summed E-state index contributed by atoms with van der Waals surface area (Å²) in [5.41, 5.74) is 0. The van der Waals surface area contributed by atoms with E-state index in [-0.39, 0.29) is 5.82 Å². The van der Waals surface area contributed by atoms with Gasteiger partial charge in [-0.2, -0.15) is 10.2 Å². The van der Waals surface area contributed by atoms with Gasteiger partial charge in [0.1, 0.15) is 11.6 Å². The predicted octanol–water partition coefficient (Wildman–Crippen LogP) is 1.66. The molecule has 5 heteroatoms. The van der Waals surface area contributed by atoms with Crippen LogP contribution >= 0.6 is 12.3 Å². The molecule has 1 aromatic rings. The number of hydrogen-bond acceptors (Lipinski definition) is 4. The fourth-order valence-corrected chi connectivity index (χ4v) is 0.799. The van der Waals surface area contributed by atoms with Crippen LogP contribution in [0.1, 0.15) is 0 Å². The fourth-order valence-electron chi connectivity index (χ4n) is 0.578. The van der Waals surface area contributed by atoms with E-state index in [1.165, 1.54) is 18.2 Å². The average Bonchev–Trinajstić information content (AvgIpc) is 2.01. The molecule has 0 atom stereocenters. The quantitative estimate of drug-likeness (QED) is 0.560. The summed E-state index contributed by atoms with van der Waals surface area (Å²) < 4.78 is 21.3. The molecule has 0 spiro atoms. The van der Waals surface area contributed by atoms with E-state index in [1.54, 1.807) is 6.07 Å². The van der Waals surface area contributed by atoms with Gasteiger partial charge in [0.15, 0.2) is 0 Å². The zero-order valence-electron chi connectivity index (χ0n) is 5.49. The van der Waals surface area contributed by atoms with Gasteiger partial charge in [-0.25, -0.2) is 4.39 Å². The summed E-state index contributed by atoms with van der Waals surface area (Å²) in [6, 6.07) is 5.67. The lowest BCUT2D eigenvalue weighted by atomic mass is 10.3. The third-order valence-electron chi connectivity index (χ3n) is 0.966. The molecule has 0 aliphatic heterocycles. The summed E-state index contributed by atoms with van der Waals surface area (Å²) in [4.78, 5) is 0. The number of nitrogens with two attached hydrogens (primary N) is 1. The van der Waals surface area contributed by atoms with Gasteiger partial charge >= 0.3 is 0 Å². The van der Waals surface area contributed by atoms with Crippen LogP contribution in [0, 0.1) is 5.82 Å². The van der Waals surface area contributed by atoms with Gasteiger partial charge in [-0.1, -0.05) is 6.07 Å². The van der Waals surface area contributed by atoms with Crippen molar-refractivity contribution in [3.63, 3.8) is 0 Å². The van der Waals surface area contributed by atoms with Crippen molar-refractivity contribution in [2.45, 2.75) is 0 Å². The summed E-state index contributed by atoms with van der Waals surface area (Å²) in [5.74, 6) is 4.66. The third-order valence-corrected chi connectivity index (χ3v) is 1.30. The zero-order valence-corrected chi connectivity index (χ0v) is 6.31. The molecule has 0 aromatic heterocycles. The Morgan fingerprint density at radius 3 is 2.91 bits per heavy atom. The maximum absolute atomic E-state index is 12.4. The van der Waals surface area contributed by atoms with Crippen molar-refractivity contribution in [2.24, 2.45) is 5.90 Å². The predicted molar refractivity (Wildman–Crippen MR) is 39.9 cm³/mol. The Morgan fingerprint density at radius 1 is 1.45 bits per heavy atom. The van der Waals surface area contributed by atoms with Gasteiger partial charge in [0, 0.05) is 6.07 Å². The highest BCUT2D eigenvalue weighted by molar-refractivity contribution is 7.90. The van der Waals surface area contributed by atoms with Gasteiger partial charge in [0.05, 0.1) is 0 Å². The molecule has 0 amide bonds. The first-order valence-corrected chi connectivity index (χ1v) is 3.45. The molecular formula is C6H6FNO2S. The normalized spacial score (nSPS) is 9.64. The Labute approximate surface area is 67.7 Å². The van der Waals surface area contributed by atoms with Crippen molar-refractivity contribution < 1.29 is 12.9 Å². The first kappa shape index (κ1) is 8.32. The van der Waals surface area contributed by atoms with Crippen LogP contribution in [-0.4, -0.2) is 0 Å². The average molecular weight is 175 g/mol. The Kier molecular flexibility index (Phi) is 3.15. The minimum absolute atomic E-state index is 0.361. The number of rotatable bonds is 3. The van der Waals surface area contributed by atoms with E-state index in [4.69, 9.17) is 4.18 Å². The molecule has 0 fully saturated rings. The molecule has 0 aliphatic rings. The van der Waals surface area contributed by atoms with Crippen molar-refractivity contribution in [1.29, 1.82) is 0 Å². The van der Waals surface area contributed by atoms with Crippen LogP contribution in [0.15, 0.2) is 24.3 Å². The fraction of sp³-hybridized carbons (Fsp3) is 0. The second-order valence-corrected chi connectivity index (χ2v) is 2.20. The van der Waals surface area contributed by atoms with Gasteiger partial charge in [-0.15, -0.1) is 0 Å². The Hall–Kier alpha value is -0.780. The summed E-state index contributed by atoms with van der Waals surface area (Å²) >= 11 is 0.581. The molecule has 1 rings (SSSR count). The molecule has 0 heterocycles. The lowest BCUT2D eigenvalue weighted by Crippen LogP contribution is -1.91. The van der Waals surface area contributed by atoms with E-state index in [0.29, 0.717) is 18.1 Å². The first-order valence-electron chi connectivity index (χ1n) is 2.78. The lowest BCUT2D eigenvalue weighted by molar-refractivity contribution is 0.364. The molecule has 0 saturated heterocycles. The minimum atomic E-state index is -0.361. The molecule has 0 radical (unpaired) electrons. The second kappa shape index (κ2) is 4.17. The highest BCUT2D eigenvalue weighted by Crippen LogP contribution is 2.16. The maximum atomic E-state index is 12.4. The van der Waals surface area contributed by atoms with Gasteiger partial charge < -0.3 is 4.18 Å². The highest BCUT2D eigenvalue weighted by atomic mass is 32.2. The summed E-state index contributed by atoms with van der Waals surface area (Å²) in [6.07, 6.45) is 0.